The fraction of sp³-hybridized carbons (Fsp3) is 0.130. The van der Waals surface area contributed by atoms with E-state index in [1.54, 1.807) is 24.8 Å². The molecule has 0 unspecified atom stereocenters. The predicted octanol–water partition coefficient (Wildman–Crippen LogP) is 2.97. The van der Waals surface area contributed by atoms with Gasteiger partial charge in [-0.15, -0.1) is 0 Å². The normalized spacial score (nSPS) is 10.7. The van der Waals surface area contributed by atoms with Crippen LogP contribution in [-0.2, 0) is 11.3 Å². The SMILES string of the molecule is COc1ccc2c(ncn2Cc2ccc(-c3ccncc3)cc2)c1C(=O)NCC(=O)O. The fourth-order valence-corrected chi connectivity index (χ4v) is 3.42. The summed E-state index contributed by atoms with van der Waals surface area (Å²) in [6, 6.07) is 15.6. The van der Waals surface area contributed by atoms with Crippen LogP contribution in [0.1, 0.15) is 15.9 Å². The molecule has 0 radical (unpaired) electrons. The van der Waals surface area contributed by atoms with Crippen LogP contribution in [0, 0.1) is 0 Å². The number of aliphatic carboxylic acids is 1. The van der Waals surface area contributed by atoms with Crippen LogP contribution in [-0.4, -0.2) is 45.2 Å². The molecule has 4 aromatic rings. The Labute approximate surface area is 178 Å². The Bertz CT molecular complexity index is 1230. The van der Waals surface area contributed by atoms with Crippen molar-refractivity contribution in [3.8, 4) is 16.9 Å². The zero-order valence-electron chi connectivity index (χ0n) is 16.8. The fourth-order valence-electron chi connectivity index (χ4n) is 3.42. The number of hydrogen-bond donors (Lipinski definition) is 2. The van der Waals surface area contributed by atoms with Gasteiger partial charge in [0, 0.05) is 18.9 Å². The summed E-state index contributed by atoms with van der Waals surface area (Å²) >= 11 is 0. The highest BCUT2D eigenvalue weighted by Gasteiger charge is 2.20. The van der Waals surface area contributed by atoms with Crippen LogP contribution in [0.5, 0.6) is 5.75 Å². The van der Waals surface area contributed by atoms with Gasteiger partial charge in [0.1, 0.15) is 23.4 Å². The molecule has 2 aromatic carbocycles. The molecule has 0 saturated heterocycles. The lowest BCUT2D eigenvalue weighted by atomic mass is 10.1. The number of fused-ring (bicyclic) bond motifs is 1. The largest absolute Gasteiger partial charge is 0.496 e. The highest BCUT2D eigenvalue weighted by molar-refractivity contribution is 6.08. The maximum absolute atomic E-state index is 12.6. The Kier molecular flexibility index (Phi) is 5.61. The van der Waals surface area contributed by atoms with Crippen molar-refractivity contribution in [3.05, 3.63) is 78.4 Å². The molecule has 8 heteroatoms. The molecular weight excluding hydrogens is 396 g/mol. The van der Waals surface area contributed by atoms with Gasteiger partial charge in [0.25, 0.3) is 5.91 Å². The summed E-state index contributed by atoms with van der Waals surface area (Å²) in [5.74, 6) is -1.33. The molecule has 31 heavy (non-hydrogen) atoms. The van der Waals surface area contributed by atoms with Crippen LogP contribution in [0.25, 0.3) is 22.2 Å². The molecule has 0 aliphatic rings. The van der Waals surface area contributed by atoms with E-state index < -0.39 is 18.4 Å². The lowest BCUT2D eigenvalue weighted by Crippen LogP contribution is -2.29. The van der Waals surface area contributed by atoms with Crippen molar-refractivity contribution in [3.63, 3.8) is 0 Å². The van der Waals surface area contributed by atoms with E-state index in [1.807, 2.05) is 34.9 Å². The Morgan fingerprint density at radius 2 is 1.74 bits per heavy atom. The Morgan fingerprint density at radius 1 is 1.03 bits per heavy atom. The molecule has 2 aromatic heterocycles. The summed E-state index contributed by atoms with van der Waals surface area (Å²) in [5.41, 5.74) is 4.69. The molecule has 4 rings (SSSR count). The number of methoxy groups -OCH3 is 1. The lowest BCUT2D eigenvalue weighted by molar-refractivity contribution is -0.135. The second kappa shape index (κ2) is 8.66. The summed E-state index contributed by atoms with van der Waals surface area (Å²) in [4.78, 5) is 31.8. The average Bonchev–Trinajstić information content (AvgIpc) is 3.20. The average molecular weight is 416 g/mol. The summed E-state index contributed by atoms with van der Waals surface area (Å²) in [7, 11) is 1.45. The van der Waals surface area contributed by atoms with E-state index in [9.17, 15) is 9.59 Å². The van der Waals surface area contributed by atoms with Gasteiger partial charge in [0.2, 0.25) is 0 Å². The number of pyridine rings is 1. The monoisotopic (exact) mass is 416 g/mol. The van der Waals surface area contributed by atoms with E-state index in [1.165, 1.54) is 7.11 Å². The second-order valence-corrected chi connectivity index (χ2v) is 6.89. The third kappa shape index (κ3) is 4.23. The molecule has 0 bridgehead atoms. The number of carbonyl (C=O) groups excluding carboxylic acids is 1. The number of ether oxygens (including phenoxy) is 1. The van der Waals surface area contributed by atoms with E-state index >= 15 is 0 Å². The number of carbonyl (C=O) groups is 2. The third-order valence-electron chi connectivity index (χ3n) is 4.92. The summed E-state index contributed by atoms with van der Waals surface area (Å²) < 4.78 is 7.24. The first-order valence-corrected chi connectivity index (χ1v) is 9.58. The highest BCUT2D eigenvalue weighted by Crippen LogP contribution is 2.28. The number of hydrogen-bond acceptors (Lipinski definition) is 5. The minimum absolute atomic E-state index is 0.216. The molecule has 2 N–H and O–H groups in total. The van der Waals surface area contributed by atoms with Crippen LogP contribution in [0.3, 0.4) is 0 Å². The molecule has 0 fully saturated rings. The standard InChI is InChI=1S/C23H20N4O4/c1-31-19-7-6-18-22(21(19)23(30)25-12-20(28)29)26-14-27(18)13-15-2-4-16(5-3-15)17-8-10-24-11-9-17/h2-11,14H,12-13H2,1H3,(H,25,30)(H,28,29). The molecule has 0 saturated carbocycles. The summed E-state index contributed by atoms with van der Waals surface area (Å²) in [5, 5.41) is 11.2. The minimum atomic E-state index is -1.12. The van der Waals surface area contributed by atoms with Crippen molar-refractivity contribution in [2.45, 2.75) is 6.54 Å². The van der Waals surface area contributed by atoms with Gasteiger partial charge in [-0.25, -0.2) is 4.98 Å². The molecule has 0 aliphatic carbocycles. The first kappa shape index (κ1) is 20.1. The second-order valence-electron chi connectivity index (χ2n) is 6.89. The number of aromatic nitrogens is 3. The maximum atomic E-state index is 12.6. The van der Waals surface area contributed by atoms with Gasteiger partial charge in [-0.05, 0) is 41.0 Å². The number of amides is 1. The Morgan fingerprint density at radius 3 is 2.42 bits per heavy atom. The van der Waals surface area contributed by atoms with Crippen LogP contribution < -0.4 is 10.1 Å². The number of carboxylic acids is 1. The smallest absolute Gasteiger partial charge is 0.322 e. The zero-order chi connectivity index (χ0) is 21.8. The summed E-state index contributed by atoms with van der Waals surface area (Å²) in [6.45, 7) is 0.0819. The molecule has 1 amide bonds. The molecule has 8 nitrogen and oxygen atoms in total. The van der Waals surface area contributed by atoms with Crippen molar-refractivity contribution in [2.75, 3.05) is 13.7 Å². The van der Waals surface area contributed by atoms with E-state index in [2.05, 4.69) is 27.4 Å². The number of nitrogens with one attached hydrogen (secondary N) is 1. The first-order valence-electron chi connectivity index (χ1n) is 9.58. The van der Waals surface area contributed by atoms with Crippen LogP contribution >= 0.6 is 0 Å². The van der Waals surface area contributed by atoms with E-state index in [-0.39, 0.29) is 5.56 Å². The molecule has 2 heterocycles. The predicted molar refractivity (Wildman–Crippen MR) is 115 cm³/mol. The van der Waals surface area contributed by atoms with Crippen molar-refractivity contribution >= 4 is 22.9 Å². The van der Waals surface area contributed by atoms with Crippen LogP contribution in [0.4, 0.5) is 0 Å². The third-order valence-corrected chi connectivity index (χ3v) is 4.92. The topological polar surface area (TPSA) is 106 Å². The number of benzene rings is 2. The van der Waals surface area contributed by atoms with Crippen molar-refractivity contribution in [1.29, 1.82) is 0 Å². The van der Waals surface area contributed by atoms with Crippen LogP contribution in [0.15, 0.2) is 67.3 Å². The maximum Gasteiger partial charge on any atom is 0.322 e. The quantitative estimate of drug-likeness (QED) is 0.480. The number of nitrogens with zero attached hydrogens (tertiary/aromatic N) is 3. The molecule has 0 spiro atoms. The molecule has 0 atom stereocenters. The highest BCUT2D eigenvalue weighted by atomic mass is 16.5. The van der Waals surface area contributed by atoms with Gasteiger partial charge in [-0.3, -0.25) is 14.6 Å². The lowest BCUT2D eigenvalue weighted by Gasteiger charge is -2.10. The minimum Gasteiger partial charge on any atom is -0.496 e. The van der Waals surface area contributed by atoms with Crippen LogP contribution in [0.2, 0.25) is 0 Å². The van der Waals surface area contributed by atoms with Gasteiger partial charge < -0.3 is 19.7 Å². The molecule has 0 aliphatic heterocycles. The number of imidazole rings is 1. The van der Waals surface area contributed by atoms with Crippen molar-refractivity contribution in [2.24, 2.45) is 0 Å². The van der Waals surface area contributed by atoms with Gasteiger partial charge in [0.05, 0.1) is 19.0 Å². The van der Waals surface area contributed by atoms with E-state index in [0.29, 0.717) is 17.8 Å². The number of carboxylic acid groups (broad SMARTS) is 1. The zero-order valence-corrected chi connectivity index (χ0v) is 16.8. The van der Waals surface area contributed by atoms with E-state index in [4.69, 9.17) is 9.84 Å². The van der Waals surface area contributed by atoms with Gasteiger partial charge >= 0.3 is 5.97 Å². The van der Waals surface area contributed by atoms with Crippen molar-refractivity contribution in [1.82, 2.24) is 19.9 Å². The first-order chi connectivity index (χ1) is 15.1. The molecular formula is C23H20N4O4. The van der Waals surface area contributed by atoms with Gasteiger partial charge in [-0.1, -0.05) is 24.3 Å². The Hall–Kier alpha value is -4.20. The van der Waals surface area contributed by atoms with Crippen molar-refractivity contribution < 1.29 is 19.4 Å². The number of rotatable bonds is 7. The van der Waals surface area contributed by atoms with E-state index in [0.717, 1.165) is 22.2 Å². The van der Waals surface area contributed by atoms with Gasteiger partial charge in [0.15, 0.2) is 0 Å². The van der Waals surface area contributed by atoms with Gasteiger partial charge in [-0.2, -0.15) is 0 Å². The Balaban J connectivity index is 1.63. The summed E-state index contributed by atoms with van der Waals surface area (Å²) in [6.07, 6.45) is 5.19. The molecule has 156 valence electrons.